The van der Waals surface area contributed by atoms with Gasteiger partial charge in [0.2, 0.25) is 0 Å². The molecular formula is C19H12Cl2N4O2. The molecule has 0 bridgehead atoms. The molecule has 6 nitrogen and oxygen atoms in total. The summed E-state index contributed by atoms with van der Waals surface area (Å²) in [6.45, 7) is 0. The van der Waals surface area contributed by atoms with Gasteiger partial charge < -0.3 is 4.98 Å². The molecule has 0 saturated heterocycles. The molecule has 1 aliphatic rings. The highest BCUT2D eigenvalue weighted by Crippen LogP contribution is 2.49. The van der Waals surface area contributed by atoms with Crippen molar-refractivity contribution in [1.29, 1.82) is 0 Å². The van der Waals surface area contributed by atoms with Crippen LogP contribution in [0.5, 0.6) is 0 Å². The topological polar surface area (TPSA) is 91.5 Å². The molecule has 0 unspecified atom stereocenters. The van der Waals surface area contributed by atoms with Gasteiger partial charge in [-0.25, -0.2) is 4.79 Å². The van der Waals surface area contributed by atoms with Gasteiger partial charge in [-0.1, -0.05) is 35.0 Å². The van der Waals surface area contributed by atoms with E-state index >= 15 is 0 Å². The quantitative estimate of drug-likeness (QED) is 0.649. The van der Waals surface area contributed by atoms with Crippen LogP contribution in [0, 0.1) is 17.8 Å². The number of aromatic nitrogens is 4. The Morgan fingerprint density at radius 3 is 2.63 bits per heavy atom. The molecule has 2 atom stereocenters. The molecule has 0 radical (unpaired) electrons. The summed E-state index contributed by atoms with van der Waals surface area (Å²) in [7, 11) is 0. The van der Waals surface area contributed by atoms with Crippen molar-refractivity contribution in [1.82, 2.24) is 20.2 Å². The number of benzene rings is 1. The molecule has 0 amide bonds. The van der Waals surface area contributed by atoms with Crippen LogP contribution >= 0.6 is 23.2 Å². The predicted octanol–water partition coefficient (Wildman–Crippen LogP) is 2.98. The largest absolute Gasteiger partial charge is 0.325 e. The molecule has 1 fully saturated rings. The average molecular weight is 399 g/mol. The smallest absolute Gasteiger partial charge is 0.313 e. The maximum atomic E-state index is 12.0. The van der Waals surface area contributed by atoms with Crippen LogP contribution in [0.4, 0.5) is 0 Å². The monoisotopic (exact) mass is 398 g/mol. The summed E-state index contributed by atoms with van der Waals surface area (Å²) < 4.78 is 0. The standard InChI is InChI=1S/C19H12Cl2N4O2/c20-12-5-2-10(3-6-12)1-4-11-7-13(11)14-8-16(24-25-17(14)21)15-9-22-19(27)23-18(15)26/h2-3,5-6,8-9,11,13H,7H2,(H2,22,23,26,27)/t11-,13-/m0/s1. The Morgan fingerprint density at radius 2 is 1.89 bits per heavy atom. The summed E-state index contributed by atoms with van der Waals surface area (Å²) in [5, 5.41) is 8.88. The minimum absolute atomic E-state index is 0.133. The van der Waals surface area contributed by atoms with Gasteiger partial charge in [0.25, 0.3) is 5.56 Å². The van der Waals surface area contributed by atoms with E-state index in [0.717, 1.165) is 17.5 Å². The van der Waals surface area contributed by atoms with E-state index in [1.54, 1.807) is 18.2 Å². The summed E-state index contributed by atoms with van der Waals surface area (Å²) in [6, 6.07) is 9.07. The van der Waals surface area contributed by atoms with Crippen molar-refractivity contribution < 1.29 is 0 Å². The molecule has 0 aliphatic heterocycles. The first-order valence-electron chi connectivity index (χ1n) is 8.14. The van der Waals surface area contributed by atoms with Crippen LogP contribution in [0.1, 0.15) is 23.5 Å². The number of H-pyrrole nitrogens is 2. The van der Waals surface area contributed by atoms with Crippen LogP contribution in [0.15, 0.2) is 46.1 Å². The molecule has 1 saturated carbocycles. The van der Waals surface area contributed by atoms with Gasteiger partial charge in [0.15, 0.2) is 5.15 Å². The lowest BCUT2D eigenvalue weighted by atomic mass is 10.1. The van der Waals surface area contributed by atoms with Crippen LogP contribution in [0.3, 0.4) is 0 Å². The number of aromatic amines is 2. The average Bonchev–Trinajstić information content (AvgIpc) is 3.41. The highest BCUT2D eigenvalue weighted by Gasteiger charge is 2.39. The Hall–Kier alpha value is -2.88. The lowest BCUT2D eigenvalue weighted by molar-refractivity contribution is 0.953. The van der Waals surface area contributed by atoms with Crippen LogP contribution in [0.25, 0.3) is 11.3 Å². The molecule has 2 heterocycles. The maximum absolute atomic E-state index is 12.0. The van der Waals surface area contributed by atoms with E-state index in [4.69, 9.17) is 23.2 Å². The third-order valence-corrected chi connectivity index (χ3v) is 4.85. The Bertz CT molecular complexity index is 1190. The van der Waals surface area contributed by atoms with E-state index in [1.165, 1.54) is 6.20 Å². The molecule has 1 aliphatic carbocycles. The Kier molecular flexibility index (Phi) is 4.56. The van der Waals surface area contributed by atoms with Crippen LogP contribution in [0.2, 0.25) is 10.2 Å². The second-order valence-electron chi connectivity index (χ2n) is 6.19. The number of rotatable bonds is 2. The van der Waals surface area contributed by atoms with E-state index < -0.39 is 11.2 Å². The lowest BCUT2D eigenvalue weighted by Gasteiger charge is -2.04. The highest BCUT2D eigenvalue weighted by atomic mass is 35.5. The molecule has 4 rings (SSSR count). The lowest BCUT2D eigenvalue weighted by Crippen LogP contribution is -2.23. The summed E-state index contributed by atoms with van der Waals surface area (Å²) in [5.41, 5.74) is 1.15. The molecule has 0 spiro atoms. The van der Waals surface area contributed by atoms with E-state index in [1.807, 2.05) is 12.1 Å². The molecule has 1 aromatic carbocycles. The molecule has 134 valence electrons. The maximum Gasteiger partial charge on any atom is 0.325 e. The van der Waals surface area contributed by atoms with E-state index in [0.29, 0.717) is 15.9 Å². The summed E-state index contributed by atoms with van der Waals surface area (Å²) >= 11 is 12.1. The van der Waals surface area contributed by atoms with Gasteiger partial charge in [0, 0.05) is 28.6 Å². The highest BCUT2D eigenvalue weighted by molar-refractivity contribution is 6.30. The van der Waals surface area contributed by atoms with E-state index in [2.05, 4.69) is 32.0 Å². The van der Waals surface area contributed by atoms with Crippen molar-refractivity contribution in [3.63, 3.8) is 0 Å². The summed E-state index contributed by atoms with van der Waals surface area (Å²) in [6.07, 6.45) is 2.17. The SMILES string of the molecule is O=c1[nH]cc(-c2cc([C@H]3C[C@@H]3C#Cc3ccc(Cl)cc3)c(Cl)nn2)c(=O)[nH]1. The number of nitrogens with one attached hydrogen (secondary N) is 2. The zero-order valence-electron chi connectivity index (χ0n) is 13.8. The number of hydrogen-bond donors (Lipinski definition) is 2. The summed E-state index contributed by atoms with van der Waals surface area (Å²) in [5.74, 6) is 6.65. The zero-order chi connectivity index (χ0) is 19.0. The van der Waals surface area contributed by atoms with Crippen LogP contribution < -0.4 is 11.2 Å². The first-order valence-corrected chi connectivity index (χ1v) is 8.89. The van der Waals surface area contributed by atoms with Crippen molar-refractivity contribution in [3.05, 3.63) is 78.7 Å². The third-order valence-electron chi connectivity index (χ3n) is 4.31. The van der Waals surface area contributed by atoms with E-state index in [9.17, 15) is 9.59 Å². The van der Waals surface area contributed by atoms with Crippen molar-refractivity contribution in [3.8, 4) is 23.1 Å². The molecule has 2 aromatic heterocycles. The number of nitrogens with zero attached hydrogens (tertiary/aromatic N) is 2. The fraction of sp³-hybridized carbons (Fsp3) is 0.158. The van der Waals surface area contributed by atoms with Gasteiger partial charge in [-0.15, -0.1) is 10.2 Å². The second kappa shape index (κ2) is 7.03. The van der Waals surface area contributed by atoms with Gasteiger partial charge in [-0.3, -0.25) is 9.78 Å². The third kappa shape index (κ3) is 3.80. The minimum atomic E-state index is -0.578. The van der Waals surface area contributed by atoms with Gasteiger partial charge in [0.1, 0.15) is 5.69 Å². The van der Waals surface area contributed by atoms with Crippen molar-refractivity contribution in [2.24, 2.45) is 5.92 Å². The van der Waals surface area contributed by atoms with Crippen LogP contribution in [-0.4, -0.2) is 20.2 Å². The van der Waals surface area contributed by atoms with Gasteiger partial charge in [0.05, 0.1) is 5.56 Å². The molecule has 8 heteroatoms. The summed E-state index contributed by atoms with van der Waals surface area (Å²) in [4.78, 5) is 27.7. The Balaban J connectivity index is 1.59. The normalized spacial score (nSPS) is 17.9. The second-order valence-corrected chi connectivity index (χ2v) is 6.98. The predicted molar refractivity (Wildman–Crippen MR) is 103 cm³/mol. The van der Waals surface area contributed by atoms with Gasteiger partial charge >= 0.3 is 5.69 Å². The first-order chi connectivity index (χ1) is 13.0. The fourth-order valence-corrected chi connectivity index (χ4v) is 3.15. The fourth-order valence-electron chi connectivity index (χ4n) is 2.79. The Labute approximate surface area is 163 Å². The van der Waals surface area contributed by atoms with Crippen molar-refractivity contribution in [2.45, 2.75) is 12.3 Å². The number of halogens is 2. The Morgan fingerprint density at radius 1 is 1.11 bits per heavy atom. The first kappa shape index (κ1) is 17.5. The molecular weight excluding hydrogens is 387 g/mol. The molecule has 3 aromatic rings. The van der Waals surface area contributed by atoms with Crippen molar-refractivity contribution in [2.75, 3.05) is 0 Å². The number of hydrogen-bond acceptors (Lipinski definition) is 4. The van der Waals surface area contributed by atoms with Gasteiger partial charge in [-0.05, 0) is 42.3 Å². The van der Waals surface area contributed by atoms with E-state index in [-0.39, 0.29) is 17.4 Å². The van der Waals surface area contributed by atoms with Gasteiger partial charge in [-0.2, -0.15) is 0 Å². The molecule has 27 heavy (non-hydrogen) atoms. The molecule has 2 N–H and O–H groups in total. The zero-order valence-corrected chi connectivity index (χ0v) is 15.3. The van der Waals surface area contributed by atoms with Crippen molar-refractivity contribution >= 4 is 23.2 Å². The van der Waals surface area contributed by atoms with Crippen LogP contribution in [-0.2, 0) is 0 Å². The minimum Gasteiger partial charge on any atom is -0.313 e.